The summed E-state index contributed by atoms with van der Waals surface area (Å²) in [5, 5.41) is 14.6. The maximum Gasteiger partial charge on any atom is 0.317 e. The molecule has 3 aromatic carbocycles. The molecule has 1 N–H and O–H groups in total. The molecule has 4 rings (SSSR count). The van der Waals surface area contributed by atoms with Gasteiger partial charge in [-0.2, -0.15) is 0 Å². The molecule has 2 unspecified atom stereocenters. The highest BCUT2D eigenvalue weighted by molar-refractivity contribution is 7.98. The van der Waals surface area contributed by atoms with Gasteiger partial charge in [-0.1, -0.05) is 84.4 Å². The molecule has 2 atom stereocenters. The van der Waals surface area contributed by atoms with Gasteiger partial charge in [0.25, 0.3) is 0 Å². The third kappa shape index (κ3) is 6.19. The quantitative estimate of drug-likeness (QED) is 0.169. The first kappa shape index (κ1) is 28.4. The molecule has 0 aliphatic heterocycles. The predicted molar refractivity (Wildman–Crippen MR) is 162 cm³/mol. The Hall–Kier alpha value is -3.59. The molecule has 39 heavy (non-hydrogen) atoms. The van der Waals surface area contributed by atoms with Crippen LogP contribution in [0.15, 0.2) is 138 Å². The number of benzene rings is 3. The molecule has 4 nitrogen and oxygen atoms in total. The van der Waals surface area contributed by atoms with Gasteiger partial charge in [0.15, 0.2) is 0 Å². The van der Waals surface area contributed by atoms with Crippen LogP contribution in [0.2, 0.25) is 0 Å². The van der Waals surface area contributed by atoms with Gasteiger partial charge in [-0.3, -0.25) is 4.79 Å². The minimum atomic E-state index is -2.51. The third-order valence-electron chi connectivity index (χ3n) is 6.56. The van der Waals surface area contributed by atoms with E-state index in [0.29, 0.717) is 12.4 Å². The Morgan fingerprint density at radius 3 is 1.79 bits per heavy atom. The molecule has 1 aliphatic rings. The fourth-order valence-electron chi connectivity index (χ4n) is 4.83. The summed E-state index contributed by atoms with van der Waals surface area (Å²) >= 11 is 6.39. The van der Waals surface area contributed by atoms with E-state index < -0.39 is 25.1 Å². The van der Waals surface area contributed by atoms with E-state index in [9.17, 15) is 9.90 Å². The van der Waals surface area contributed by atoms with E-state index in [1.54, 1.807) is 31.2 Å². The Balaban J connectivity index is 2.07. The molecule has 200 valence electrons. The van der Waals surface area contributed by atoms with Crippen LogP contribution in [0.3, 0.4) is 0 Å². The molecule has 3 aromatic rings. The first-order chi connectivity index (χ1) is 19.0. The van der Waals surface area contributed by atoms with Gasteiger partial charge >= 0.3 is 5.97 Å². The summed E-state index contributed by atoms with van der Waals surface area (Å²) < 4.78 is 11.9. The second kappa shape index (κ2) is 13.5. The molecule has 6 heteroatoms. The van der Waals surface area contributed by atoms with Crippen molar-refractivity contribution in [3.8, 4) is 0 Å². The van der Waals surface area contributed by atoms with Crippen LogP contribution < -0.4 is 15.9 Å². The number of rotatable bonds is 10. The van der Waals surface area contributed by atoms with Crippen molar-refractivity contribution in [1.29, 1.82) is 0 Å². The van der Waals surface area contributed by atoms with E-state index in [1.807, 2.05) is 61.5 Å². The summed E-state index contributed by atoms with van der Waals surface area (Å²) in [6, 6.07) is 30.9. The summed E-state index contributed by atoms with van der Waals surface area (Å²) in [5.41, 5.74) is 0. The lowest BCUT2D eigenvalue weighted by molar-refractivity contribution is -0.149. The average molecular weight is 560 g/mol. The number of hydrogen-bond acceptors (Lipinski definition) is 4. The maximum absolute atomic E-state index is 13.7. The maximum atomic E-state index is 13.7. The van der Waals surface area contributed by atoms with Gasteiger partial charge in [-0.05, 0) is 56.3 Å². The Morgan fingerprint density at radius 1 is 0.846 bits per heavy atom. The van der Waals surface area contributed by atoms with Crippen molar-refractivity contribution in [2.45, 2.75) is 13.8 Å². The molecule has 0 spiro atoms. The first-order valence-corrected chi connectivity index (χ1v) is 15.3. The first-order valence-electron chi connectivity index (χ1n) is 13.0. The summed E-state index contributed by atoms with van der Waals surface area (Å²) in [6.07, 6.45) is 6.89. The van der Waals surface area contributed by atoms with Crippen LogP contribution in [0.5, 0.6) is 0 Å². The van der Waals surface area contributed by atoms with Crippen LogP contribution in [-0.4, -0.2) is 24.3 Å². The molecule has 0 amide bonds. The fraction of sp³-hybridized carbons (Fsp3) is 0.182. The van der Waals surface area contributed by atoms with Gasteiger partial charge in [0.2, 0.25) is 0 Å². The molecule has 0 saturated heterocycles. The Kier molecular flexibility index (Phi) is 9.81. The van der Waals surface area contributed by atoms with Crippen molar-refractivity contribution in [1.82, 2.24) is 0 Å². The Labute approximate surface area is 236 Å². The van der Waals surface area contributed by atoms with E-state index in [1.165, 1.54) is 0 Å². The molecule has 0 saturated carbocycles. The summed E-state index contributed by atoms with van der Waals surface area (Å²) in [5.74, 6) is 0.239. The van der Waals surface area contributed by atoms with E-state index >= 15 is 0 Å². The van der Waals surface area contributed by atoms with Gasteiger partial charge in [0.1, 0.15) is 46.4 Å². The van der Waals surface area contributed by atoms with E-state index in [4.69, 9.17) is 21.1 Å². The standard InChI is InChI=1S/C33H32ClO4P/c1-3-37-30(31(33(36)38-4-2)28-22-14-15-23-29(34)32(28)35)24-39(25-16-8-5-9-17-25,26-18-10-6-11-19-26)27-20-12-7-13-21-27/h5-24,28,31H,3-4H2,1-2H3/p+1/b30-24-. The van der Waals surface area contributed by atoms with Crippen LogP contribution in [0.4, 0.5) is 0 Å². The van der Waals surface area contributed by atoms with Crippen LogP contribution in [0, 0.1) is 11.8 Å². The highest BCUT2D eigenvalue weighted by atomic mass is 35.5. The molecule has 0 aromatic heterocycles. The van der Waals surface area contributed by atoms with Crippen LogP contribution in [-0.2, 0) is 14.3 Å². The number of aliphatic hydroxyl groups is 1. The predicted octanol–water partition coefficient (Wildman–Crippen LogP) is 6.79. The van der Waals surface area contributed by atoms with Crippen molar-refractivity contribution in [3.63, 3.8) is 0 Å². The van der Waals surface area contributed by atoms with Gasteiger partial charge < -0.3 is 14.6 Å². The van der Waals surface area contributed by atoms with Crippen molar-refractivity contribution in [3.05, 3.63) is 138 Å². The Bertz CT molecular complexity index is 1270. The summed E-state index contributed by atoms with van der Waals surface area (Å²) in [4.78, 5) is 13.7. The van der Waals surface area contributed by atoms with Crippen molar-refractivity contribution in [2.24, 2.45) is 11.8 Å². The molecule has 0 heterocycles. The van der Waals surface area contributed by atoms with E-state index in [2.05, 4.69) is 42.2 Å². The average Bonchev–Trinajstić information content (AvgIpc) is 3.13. The topological polar surface area (TPSA) is 55.8 Å². The fourth-order valence-corrected chi connectivity index (χ4v) is 8.91. The van der Waals surface area contributed by atoms with Crippen LogP contribution >= 0.6 is 18.9 Å². The molecule has 0 bridgehead atoms. The lowest BCUT2D eigenvalue weighted by Gasteiger charge is -2.29. The van der Waals surface area contributed by atoms with E-state index in [-0.39, 0.29) is 17.4 Å². The smallest absolute Gasteiger partial charge is 0.317 e. The normalized spacial score (nSPS) is 16.5. The SMILES string of the molecule is CCOC(=O)C(/C(=C/[P+](c1ccccc1)(c1ccccc1)c1ccccc1)OCC)C1C=CC=CC(Cl)=C1O. The molecule has 0 fully saturated rings. The van der Waals surface area contributed by atoms with Crippen LogP contribution in [0.25, 0.3) is 0 Å². The minimum Gasteiger partial charge on any atom is -0.510 e. The molecular formula is C33H33ClO4P+. The number of carbonyl (C=O) groups excluding carboxylic acids is 1. The highest BCUT2D eigenvalue weighted by Gasteiger charge is 2.47. The van der Waals surface area contributed by atoms with Gasteiger partial charge in [0, 0.05) is 0 Å². The lowest BCUT2D eigenvalue weighted by Crippen LogP contribution is -2.33. The summed E-state index contributed by atoms with van der Waals surface area (Å²) in [6.45, 7) is 4.17. The largest absolute Gasteiger partial charge is 0.510 e. The van der Waals surface area contributed by atoms with E-state index in [0.717, 1.165) is 15.9 Å². The number of ether oxygens (including phenoxy) is 2. The van der Waals surface area contributed by atoms with Crippen molar-refractivity contribution in [2.75, 3.05) is 13.2 Å². The number of halogens is 1. The number of allylic oxidation sites excluding steroid dienone is 5. The van der Waals surface area contributed by atoms with Crippen LogP contribution in [0.1, 0.15) is 13.8 Å². The van der Waals surface area contributed by atoms with Crippen molar-refractivity contribution >= 4 is 40.7 Å². The molecule has 1 aliphatic carbocycles. The number of carbonyl (C=O) groups is 1. The third-order valence-corrected chi connectivity index (χ3v) is 10.9. The second-order valence-corrected chi connectivity index (χ2v) is 12.6. The number of aliphatic hydroxyl groups excluding tert-OH is 1. The van der Waals surface area contributed by atoms with Gasteiger partial charge in [0.05, 0.1) is 24.2 Å². The Morgan fingerprint density at radius 2 is 1.33 bits per heavy atom. The lowest BCUT2D eigenvalue weighted by atomic mass is 9.88. The highest BCUT2D eigenvalue weighted by Crippen LogP contribution is 2.58. The number of hydrogen-bond donors (Lipinski definition) is 1. The molecular weight excluding hydrogens is 527 g/mol. The van der Waals surface area contributed by atoms with Crippen molar-refractivity contribution < 1.29 is 19.4 Å². The zero-order valence-electron chi connectivity index (χ0n) is 22.1. The second-order valence-electron chi connectivity index (χ2n) is 8.93. The minimum absolute atomic E-state index is 0.103. The molecule has 0 radical (unpaired) electrons. The monoisotopic (exact) mass is 559 g/mol. The number of esters is 1. The summed E-state index contributed by atoms with van der Waals surface area (Å²) in [7, 11) is -2.51. The van der Waals surface area contributed by atoms with Gasteiger partial charge in [-0.25, -0.2) is 0 Å². The zero-order valence-corrected chi connectivity index (χ0v) is 23.8. The van der Waals surface area contributed by atoms with Gasteiger partial charge in [-0.15, -0.1) is 0 Å². The zero-order chi connectivity index (χ0) is 27.7.